The Balaban J connectivity index is 3.14. The van der Waals surface area contributed by atoms with Crippen molar-refractivity contribution < 1.29 is 23.7 Å². The highest BCUT2D eigenvalue weighted by molar-refractivity contribution is 5.70. The fourth-order valence-electron chi connectivity index (χ4n) is 1.72. The Morgan fingerprint density at radius 2 is 1.58 bits per heavy atom. The summed E-state index contributed by atoms with van der Waals surface area (Å²) in [4.78, 5) is 11.3. The smallest absolute Gasteiger partial charge is 0.307 e. The van der Waals surface area contributed by atoms with Crippen LogP contribution in [0.2, 0.25) is 0 Å². The van der Waals surface area contributed by atoms with E-state index in [4.69, 9.17) is 19.9 Å². The molecule has 0 saturated carbocycles. The van der Waals surface area contributed by atoms with Crippen LogP contribution in [0.3, 0.4) is 0 Å². The van der Waals surface area contributed by atoms with Crippen molar-refractivity contribution in [3.05, 3.63) is 17.7 Å². The van der Waals surface area contributed by atoms with Gasteiger partial charge in [0.2, 0.25) is 0 Å². The quantitative estimate of drug-likeness (QED) is 0.783. The first-order chi connectivity index (χ1) is 9.07. The molecule has 1 aromatic carbocycles. The predicted octanol–water partition coefficient (Wildman–Crippen LogP) is 1.28. The standard InChI is InChI=1S/C13H19NO5/c1-16-10-7-12(18-3)11(17-2)5-8(10)9(14)6-13(15)19-4/h5,7,9H,6,14H2,1-4H3. The molecule has 0 radical (unpaired) electrons. The van der Waals surface area contributed by atoms with Crippen LogP contribution in [-0.4, -0.2) is 34.4 Å². The SMILES string of the molecule is COC(=O)CC(N)c1cc(OC)c(OC)cc1OC. The lowest BCUT2D eigenvalue weighted by Gasteiger charge is -2.17. The van der Waals surface area contributed by atoms with E-state index in [1.807, 2.05) is 0 Å². The Morgan fingerprint density at radius 1 is 1.05 bits per heavy atom. The Kier molecular flexibility index (Phi) is 5.44. The minimum absolute atomic E-state index is 0.0579. The summed E-state index contributed by atoms with van der Waals surface area (Å²) < 4.78 is 20.2. The molecule has 0 fully saturated rings. The van der Waals surface area contributed by atoms with Gasteiger partial charge in [-0.2, -0.15) is 0 Å². The van der Waals surface area contributed by atoms with Crippen LogP contribution < -0.4 is 19.9 Å². The Hall–Kier alpha value is -1.95. The summed E-state index contributed by atoms with van der Waals surface area (Å²) in [7, 11) is 5.90. The molecule has 0 aromatic heterocycles. The van der Waals surface area contributed by atoms with Crippen LogP contribution in [0.1, 0.15) is 18.0 Å². The largest absolute Gasteiger partial charge is 0.496 e. The number of carbonyl (C=O) groups excluding carboxylic acids is 1. The van der Waals surface area contributed by atoms with Crippen LogP contribution in [0.25, 0.3) is 0 Å². The molecule has 19 heavy (non-hydrogen) atoms. The van der Waals surface area contributed by atoms with E-state index in [0.29, 0.717) is 22.8 Å². The molecule has 0 aliphatic heterocycles. The number of esters is 1. The molecule has 0 spiro atoms. The van der Waals surface area contributed by atoms with Gasteiger partial charge >= 0.3 is 5.97 Å². The van der Waals surface area contributed by atoms with Crippen molar-refractivity contribution in [2.24, 2.45) is 5.73 Å². The normalized spacial score (nSPS) is 11.6. The summed E-state index contributed by atoms with van der Waals surface area (Å²) in [6.45, 7) is 0. The van der Waals surface area contributed by atoms with Gasteiger partial charge in [-0.25, -0.2) is 0 Å². The third-order valence-electron chi connectivity index (χ3n) is 2.75. The second-order valence-electron chi connectivity index (χ2n) is 3.84. The van der Waals surface area contributed by atoms with Crippen molar-refractivity contribution in [3.63, 3.8) is 0 Å². The molecule has 106 valence electrons. The van der Waals surface area contributed by atoms with E-state index in [2.05, 4.69) is 4.74 Å². The summed E-state index contributed by atoms with van der Waals surface area (Å²) in [6, 6.07) is 2.83. The van der Waals surface area contributed by atoms with Crippen molar-refractivity contribution in [3.8, 4) is 17.2 Å². The molecule has 0 aliphatic rings. The van der Waals surface area contributed by atoms with Crippen molar-refractivity contribution >= 4 is 5.97 Å². The second kappa shape index (κ2) is 6.84. The average Bonchev–Trinajstić information content (AvgIpc) is 2.45. The van der Waals surface area contributed by atoms with Gasteiger partial charge in [-0.05, 0) is 6.07 Å². The van der Waals surface area contributed by atoms with Crippen molar-refractivity contribution in [2.75, 3.05) is 28.4 Å². The van der Waals surface area contributed by atoms with E-state index >= 15 is 0 Å². The maximum Gasteiger partial charge on any atom is 0.307 e. The number of methoxy groups -OCH3 is 4. The van der Waals surface area contributed by atoms with Crippen molar-refractivity contribution in [1.82, 2.24) is 0 Å². The molecule has 0 aliphatic carbocycles. The molecular weight excluding hydrogens is 250 g/mol. The maximum atomic E-state index is 11.3. The molecule has 2 N–H and O–H groups in total. The number of rotatable bonds is 6. The fourth-order valence-corrected chi connectivity index (χ4v) is 1.72. The van der Waals surface area contributed by atoms with E-state index < -0.39 is 6.04 Å². The molecule has 6 heteroatoms. The molecule has 1 unspecified atom stereocenters. The fraction of sp³-hybridized carbons (Fsp3) is 0.462. The third-order valence-corrected chi connectivity index (χ3v) is 2.75. The zero-order chi connectivity index (χ0) is 14.4. The number of carbonyl (C=O) groups is 1. The van der Waals surface area contributed by atoms with E-state index in [-0.39, 0.29) is 12.4 Å². The lowest BCUT2D eigenvalue weighted by Crippen LogP contribution is -2.17. The highest BCUT2D eigenvalue weighted by Gasteiger charge is 2.19. The Morgan fingerprint density at radius 3 is 2.05 bits per heavy atom. The van der Waals surface area contributed by atoms with Crippen LogP contribution in [0.5, 0.6) is 17.2 Å². The molecular formula is C13H19NO5. The number of hydrogen-bond donors (Lipinski definition) is 1. The van der Waals surface area contributed by atoms with Gasteiger partial charge in [-0.1, -0.05) is 0 Å². The lowest BCUT2D eigenvalue weighted by molar-refractivity contribution is -0.141. The van der Waals surface area contributed by atoms with Gasteiger partial charge in [0.05, 0.1) is 34.9 Å². The number of hydrogen-bond acceptors (Lipinski definition) is 6. The first kappa shape index (κ1) is 15.1. The lowest BCUT2D eigenvalue weighted by atomic mass is 10.0. The average molecular weight is 269 g/mol. The zero-order valence-electron chi connectivity index (χ0n) is 11.6. The van der Waals surface area contributed by atoms with Crippen molar-refractivity contribution in [1.29, 1.82) is 0 Å². The van der Waals surface area contributed by atoms with Gasteiger partial charge < -0.3 is 24.7 Å². The molecule has 1 aromatic rings. The first-order valence-electron chi connectivity index (χ1n) is 5.69. The van der Waals surface area contributed by atoms with Crippen LogP contribution in [0, 0.1) is 0 Å². The highest BCUT2D eigenvalue weighted by atomic mass is 16.5. The molecule has 1 atom stereocenters. The van der Waals surface area contributed by atoms with Crippen molar-refractivity contribution in [2.45, 2.75) is 12.5 Å². The van der Waals surface area contributed by atoms with Crippen LogP contribution in [0.15, 0.2) is 12.1 Å². The van der Waals surface area contributed by atoms with E-state index in [1.165, 1.54) is 28.4 Å². The minimum atomic E-state index is -0.540. The molecule has 0 saturated heterocycles. The topological polar surface area (TPSA) is 80.0 Å². The van der Waals surface area contributed by atoms with E-state index in [0.717, 1.165) is 0 Å². The maximum absolute atomic E-state index is 11.3. The zero-order valence-corrected chi connectivity index (χ0v) is 11.6. The first-order valence-corrected chi connectivity index (χ1v) is 5.69. The predicted molar refractivity (Wildman–Crippen MR) is 69.7 cm³/mol. The number of benzene rings is 1. The van der Waals surface area contributed by atoms with Crippen LogP contribution in [0.4, 0.5) is 0 Å². The van der Waals surface area contributed by atoms with Gasteiger partial charge in [-0.15, -0.1) is 0 Å². The molecule has 1 rings (SSSR count). The highest BCUT2D eigenvalue weighted by Crippen LogP contribution is 2.37. The molecule has 6 nitrogen and oxygen atoms in total. The number of nitrogens with two attached hydrogens (primary N) is 1. The molecule has 0 amide bonds. The minimum Gasteiger partial charge on any atom is -0.496 e. The van der Waals surface area contributed by atoms with Gasteiger partial charge in [0, 0.05) is 17.7 Å². The van der Waals surface area contributed by atoms with Crippen LogP contribution >= 0.6 is 0 Å². The summed E-state index contributed by atoms with van der Waals surface area (Å²) in [5.41, 5.74) is 6.64. The number of ether oxygens (including phenoxy) is 4. The van der Waals surface area contributed by atoms with E-state index in [9.17, 15) is 4.79 Å². The van der Waals surface area contributed by atoms with Crippen LogP contribution in [-0.2, 0) is 9.53 Å². The summed E-state index contributed by atoms with van der Waals surface area (Å²) >= 11 is 0. The third kappa shape index (κ3) is 3.51. The summed E-state index contributed by atoms with van der Waals surface area (Å²) in [5, 5.41) is 0. The molecule has 0 bridgehead atoms. The second-order valence-corrected chi connectivity index (χ2v) is 3.84. The van der Waals surface area contributed by atoms with E-state index in [1.54, 1.807) is 12.1 Å². The van der Waals surface area contributed by atoms with Gasteiger partial charge in [0.15, 0.2) is 11.5 Å². The monoisotopic (exact) mass is 269 g/mol. The Bertz CT molecular complexity index is 447. The molecule has 0 heterocycles. The summed E-state index contributed by atoms with van der Waals surface area (Å²) in [5.74, 6) is 1.21. The van der Waals surface area contributed by atoms with Gasteiger partial charge in [0.1, 0.15) is 5.75 Å². The Labute approximate surface area is 112 Å². The summed E-state index contributed by atoms with van der Waals surface area (Å²) in [6.07, 6.45) is 0.0579. The van der Waals surface area contributed by atoms with Gasteiger partial charge in [-0.3, -0.25) is 4.79 Å². The van der Waals surface area contributed by atoms with Gasteiger partial charge in [0.25, 0.3) is 0 Å².